The Morgan fingerprint density at radius 3 is 2.50 bits per heavy atom. The maximum absolute atomic E-state index is 6.02. The summed E-state index contributed by atoms with van der Waals surface area (Å²) in [6.45, 7) is 9.60. The molecule has 2 aliphatic rings. The second-order valence-electron chi connectivity index (χ2n) is 5.76. The molecule has 2 rings (SSSR count). The van der Waals surface area contributed by atoms with E-state index in [2.05, 4.69) is 25.7 Å². The fraction of sp³-hybridized carbons (Fsp3) is 1.00. The van der Waals surface area contributed by atoms with Crippen LogP contribution >= 0.6 is 0 Å². The number of ether oxygens (including phenoxy) is 1. The van der Waals surface area contributed by atoms with Crippen LogP contribution in [-0.4, -0.2) is 42.3 Å². The van der Waals surface area contributed by atoms with Gasteiger partial charge in [0.05, 0.1) is 6.10 Å². The van der Waals surface area contributed by atoms with Crippen LogP contribution in [0.4, 0.5) is 0 Å². The van der Waals surface area contributed by atoms with E-state index in [9.17, 15) is 0 Å². The highest BCUT2D eigenvalue weighted by atomic mass is 16.5. The molecule has 0 bridgehead atoms. The van der Waals surface area contributed by atoms with Gasteiger partial charge in [-0.05, 0) is 39.0 Å². The van der Waals surface area contributed by atoms with E-state index in [1.807, 2.05) is 0 Å². The number of nitrogens with two attached hydrogens (primary N) is 1. The van der Waals surface area contributed by atoms with E-state index in [0.29, 0.717) is 12.1 Å². The topological polar surface area (TPSA) is 38.5 Å². The first kappa shape index (κ1) is 12.3. The Kier molecular flexibility index (Phi) is 3.57. The highest BCUT2D eigenvalue weighted by Gasteiger charge is 2.51. The average Bonchev–Trinajstić information content (AvgIpc) is 2.51. The van der Waals surface area contributed by atoms with Crippen LogP contribution in [0.5, 0.6) is 0 Å². The first-order chi connectivity index (χ1) is 7.61. The maximum atomic E-state index is 6.02. The SMILES string of the molecule is CCOC1CC(CN)(N2CC(C)CC2C)C1. The minimum atomic E-state index is 0.254. The molecule has 3 nitrogen and oxygen atoms in total. The summed E-state index contributed by atoms with van der Waals surface area (Å²) in [5, 5.41) is 0. The Bertz CT molecular complexity index is 238. The van der Waals surface area contributed by atoms with Crippen LogP contribution in [0.3, 0.4) is 0 Å². The molecule has 0 amide bonds. The van der Waals surface area contributed by atoms with Gasteiger partial charge in [-0.1, -0.05) is 6.92 Å². The second kappa shape index (κ2) is 4.63. The van der Waals surface area contributed by atoms with Gasteiger partial charge in [-0.2, -0.15) is 0 Å². The Balaban J connectivity index is 1.96. The summed E-state index contributed by atoms with van der Waals surface area (Å²) in [5.41, 5.74) is 6.27. The van der Waals surface area contributed by atoms with Crippen molar-refractivity contribution < 1.29 is 4.74 Å². The summed E-state index contributed by atoms with van der Waals surface area (Å²) in [6.07, 6.45) is 4.04. The molecule has 94 valence electrons. The Morgan fingerprint density at radius 1 is 1.38 bits per heavy atom. The fourth-order valence-corrected chi connectivity index (χ4v) is 3.62. The number of rotatable bonds is 4. The van der Waals surface area contributed by atoms with Crippen LogP contribution in [0.1, 0.15) is 40.0 Å². The predicted octanol–water partition coefficient (Wildman–Crippen LogP) is 1.61. The summed E-state index contributed by atoms with van der Waals surface area (Å²) in [5.74, 6) is 0.824. The molecule has 1 saturated heterocycles. The summed E-state index contributed by atoms with van der Waals surface area (Å²) < 4.78 is 5.67. The molecule has 1 aliphatic heterocycles. The summed E-state index contributed by atoms with van der Waals surface area (Å²) in [4.78, 5) is 2.65. The lowest BCUT2D eigenvalue weighted by molar-refractivity contribution is -0.103. The van der Waals surface area contributed by atoms with Gasteiger partial charge in [0, 0.05) is 31.3 Å². The summed E-state index contributed by atoms with van der Waals surface area (Å²) in [7, 11) is 0. The average molecular weight is 226 g/mol. The molecule has 1 aliphatic carbocycles. The van der Waals surface area contributed by atoms with Crippen molar-refractivity contribution in [1.29, 1.82) is 0 Å². The molecular formula is C13H26N2O. The lowest BCUT2D eigenvalue weighted by atomic mass is 9.72. The molecule has 2 N–H and O–H groups in total. The fourth-order valence-electron chi connectivity index (χ4n) is 3.62. The number of likely N-dealkylation sites (tertiary alicyclic amines) is 1. The van der Waals surface area contributed by atoms with Gasteiger partial charge < -0.3 is 10.5 Å². The van der Waals surface area contributed by atoms with Crippen LogP contribution in [0.15, 0.2) is 0 Å². The molecular weight excluding hydrogens is 200 g/mol. The van der Waals surface area contributed by atoms with E-state index in [-0.39, 0.29) is 5.54 Å². The standard InChI is InChI=1S/C13H26N2O/c1-4-16-12-6-13(7-12,9-14)15-8-10(2)5-11(15)3/h10-12H,4-9,14H2,1-3H3. The van der Waals surface area contributed by atoms with Crippen molar-refractivity contribution in [3.63, 3.8) is 0 Å². The molecule has 1 heterocycles. The van der Waals surface area contributed by atoms with Crippen molar-refractivity contribution in [2.45, 2.75) is 57.7 Å². The Hall–Kier alpha value is -0.120. The first-order valence-corrected chi connectivity index (χ1v) is 6.69. The molecule has 0 aromatic rings. The summed E-state index contributed by atoms with van der Waals surface area (Å²) in [6, 6.07) is 0.695. The van der Waals surface area contributed by atoms with E-state index in [1.165, 1.54) is 13.0 Å². The molecule has 0 aromatic carbocycles. The molecule has 0 aromatic heterocycles. The van der Waals surface area contributed by atoms with E-state index >= 15 is 0 Å². The van der Waals surface area contributed by atoms with Crippen LogP contribution in [0.2, 0.25) is 0 Å². The molecule has 3 heteroatoms. The minimum Gasteiger partial charge on any atom is -0.378 e. The van der Waals surface area contributed by atoms with E-state index in [4.69, 9.17) is 10.5 Å². The third-order valence-corrected chi connectivity index (χ3v) is 4.39. The number of hydrogen-bond donors (Lipinski definition) is 1. The smallest absolute Gasteiger partial charge is 0.0611 e. The second-order valence-corrected chi connectivity index (χ2v) is 5.76. The van der Waals surface area contributed by atoms with Crippen LogP contribution < -0.4 is 5.73 Å². The third-order valence-electron chi connectivity index (χ3n) is 4.39. The molecule has 0 spiro atoms. The monoisotopic (exact) mass is 226 g/mol. The molecule has 2 unspecified atom stereocenters. The van der Waals surface area contributed by atoms with Crippen molar-refractivity contribution in [3.8, 4) is 0 Å². The van der Waals surface area contributed by atoms with Gasteiger partial charge in [-0.15, -0.1) is 0 Å². The van der Waals surface area contributed by atoms with Crippen molar-refractivity contribution >= 4 is 0 Å². The normalized spacial score (nSPS) is 44.6. The van der Waals surface area contributed by atoms with Gasteiger partial charge in [0.25, 0.3) is 0 Å². The number of nitrogens with zero attached hydrogens (tertiary/aromatic N) is 1. The van der Waals surface area contributed by atoms with E-state index < -0.39 is 0 Å². The Labute approximate surface area is 99.3 Å². The third kappa shape index (κ3) is 2.01. The largest absolute Gasteiger partial charge is 0.378 e. The van der Waals surface area contributed by atoms with Gasteiger partial charge in [0.15, 0.2) is 0 Å². The van der Waals surface area contributed by atoms with E-state index in [1.54, 1.807) is 0 Å². The molecule has 16 heavy (non-hydrogen) atoms. The highest BCUT2D eigenvalue weighted by Crippen LogP contribution is 2.43. The van der Waals surface area contributed by atoms with Crippen molar-refractivity contribution in [2.75, 3.05) is 19.7 Å². The van der Waals surface area contributed by atoms with Gasteiger partial charge in [0.2, 0.25) is 0 Å². The molecule has 2 fully saturated rings. The molecule has 2 atom stereocenters. The van der Waals surface area contributed by atoms with Crippen molar-refractivity contribution in [3.05, 3.63) is 0 Å². The van der Waals surface area contributed by atoms with Gasteiger partial charge >= 0.3 is 0 Å². The Morgan fingerprint density at radius 2 is 2.06 bits per heavy atom. The van der Waals surface area contributed by atoms with Crippen LogP contribution in [-0.2, 0) is 4.74 Å². The zero-order chi connectivity index (χ0) is 11.8. The predicted molar refractivity (Wildman–Crippen MR) is 66.4 cm³/mol. The van der Waals surface area contributed by atoms with Crippen LogP contribution in [0, 0.1) is 5.92 Å². The minimum absolute atomic E-state index is 0.254. The maximum Gasteiger partial charge on any atom is 0.0611 e. The van der Waals surface area contributed by atoms with Gasteiger partial charge in [-0.3, -0.25) is 4.90 Å². The molecule has 0 radical (unpaired) electrons. The highest BCUT2D eigenvalue weighted by molar-refractivity contribution is 5.07. The number of hydrogen-bond acceptors (Lipinski definition) is 3. The summed E-state index contributed by atoms with van der Waals surface area (Å²) >= 11 is 0. The molecule has 1 saturated carbocycles. The van der Waals surface area contributed by atoms with Crippen molar-refractivity contribution in [1.82, 2.24) is 4.90 Å². The zero-order valence-electron chi connectivity index (χ0n) is 10.9. The van der Waals surface area contributed by atoms with Crippen molar-refractivity contribution in [2.24, 2.45) is 11.7 Å². The first-order valence-electron chi connectivity index (χ1n) is 6.69. The van der Waals surface area contributed by atoms with Gasteiger partial charge in [-0.25, -0.2) is 0 Å². The van der Waals surface area contributed by atoms with Crippen LogP contribution in [0.25, 0.3) is 0 Å². The lowest BCUT2D eigenvalue weighted by Gasteiger charge is -2.54. The lowest BCUT2D eigenvalue weighted by Crippen LogP contribution is -2.64. The van der Waals surface area contributed by atoms with Gasteiger partial charge in [0.1, 0.15) is 0 Å². The quantitative estimate of drug-likeness (QED) is 0.791. The van der Waals surface area contributed by atoms with E-state index in [0.717, 1.165) is 31.9 Å². The zero-order valence-corrected chi connectivity index (χ0v) is 10.9.